The second-order valence-corrected chi connectivity index (χ2v) is 4.79. The smallest absolute Gasteiger partial charge is 0.337 e. The molecule has 1 saturated heterocycles. The largest absolute Gasteiger partial charge is 0.478 e. The second-order valence-electron chi connectivity index (χ2n) is 4.79. The molecule has 19 heavy (non-hydrogen) atoms. The summed E-state index contributed by atoms with van der Waals surface area (Å²) in [6.45, 7) is 3.60. The number of anilines is 1. The first kappa shape index (κ1) is 13.4. The lowest BCUT2D eigenvalue weighted by atomic mass is 10.1. The van der Waals surface area contributed by atoms with Gasteiger partial charge in [-0.2, -0.15) is 0 Å². The normalized spacial score (nSPS) is 18.4. The molecule has 0 aliphatic carbocycles. The highest BCUT2D eigenvalue weighted by Crippen LogP contribution is 2.21. The third-order valence-electron chi connectivity index (χ3n) is 3.55. The number of urea groups is 1. The molecule has 1 heterocycles. The number of nitrogens with one attached hydrogen (secondary N) is 1. The summed E-state index contributed by atoms with van der Waals surface area (Å²) in [5.41, 5.74) is 0.460. The maximum atomic E-state index is 12.1. The van der Waals surface area contributed by atoms with Gasteiger partial charge in [-0.15, -0.1) is 0 Å². The SMILES string of the molecule is CCC1CCN(C(=O)Nc2ccccc2C(=O)O)C1. The number of carboxylic acids is 1. The first-order chi connectivity index (χ1) is 9.11. The van der Waals surface area contributed by atoms with Crippen molar-refractivity contribution in [2.75, 3.05) is 18.4 Å². The van der Waals surface area contributed by atoms with Crippen LogP contribution in [-0.4, -0.2) is 35.1 Å². The number of carbonyl (C=O) groups excluding carboxylic acids is 1. The highest BCUT2D eigenvalue weighted by Gasteiger charge is 2.25. The summed E-state index contributed by atoms with van der Waals surface area (Å²) in [5, 5.41) is 11.7. The lowest BCUT2D eigenvalue weighted by Crippen LogP contribution is -2.33. The van der Waals surface area contributed by atoms with Gasteiger partial charge in [0, 0.05) is 13.1 Å². The van der Waals surface area contributed by atoms with Crippen LogP contribution in [0.5, 0.6) is 0 Å². The van der Waals surface area contributed by atoms with Gasteiger partial charge in [-0.3, -0.25) is 0 Å². The van der Waals surface area contributed by atoms with E-state index in [9.17, 15) is 9.59 Å². The summed E-state index contributed by atoms with van der Waals surface area (Å²) < 4.78 is 0. The number of carboxylic acid groups (broad SMARTS) is 1. The van der Waals surface area contributed by atoms with Crippen LogP contribution in [0.4, 0.5) is 10.5 Å². The van der Waals surface area contributed by atoms with Crippen molar-refractivity contribution in [3.05, 3.63) is 29.8 Å². The highest BCUT2D eigenvalue weighted by atomic mass is 16.4. The van der Waals surface area contributed by atoms with E-state index in [4.69, 9.17) is 5.11 Å². The molecule has 5 heteroatoms. The van der Waals surface area contributed by atoms with Gasteiger partial charge in [0.1, 0.15) is 0 Å². The van der Waals surface area contributed by atoms with Crippen molar-refractivity contribution in [3.8, 4) is 0 Å². The fraction of sp³-hybridized carbons (Fsp3) is 0.429. The van der Waals surface area contributed by atoms with Crippen molar-refractivity contribution >= 4 is 17.7 Å². The lowest BCUT2D eigenvalue weighted by molar-refractivity contribution is 0.0698. The number of hydrogen-bond acceptors (Lipinski definition) is 2. The molecule has 1 aromatic carbocycles. The molecule has 1 aromatic rings. The monoisotopic (exact) mass is 262 g/mol. The Morgan fingerprint density at radius 2 is 2.16 bits per heavy atom. The Morgan fingerprint density at radius 3 is 2.79 bits per heavy atom. The molecule has 0 aromatic heterocycles. The van der Waals surface area contributed by atoms with Crippen molar-refractivity contribution in [3.63, 3.8) is 0 Å². The summed E-state index contributed by atoms with van der Waals surface area (Å²) in [7, 11) is 0. The average molecular weight is 262 g/mol. The molecule has 2 amide bonds. The van der Waals surface area contributed by atoms with Crippen molar-refractivity contribution in [1.29, 1.82) is 0 Å². The molecule has 1 unspecified atom stereocenters. The Morgan fingerprint density at radius 1 is 1.42 bits per heavy atom. The highest BCUT2D eigenvalue weighted by molar-refractivity contribution is 6.00. The van der Waals surface area contributed by atoms with Crippen LogP contribution in [0.15, 0.2) is 24.3 Å². The fourth-order valence-electron chi connectivity index (χ4n) is 2.32. The number of amides is 2. The topological polar surface area (TPSA) is 69.6 Å². The maximum Gasteiger partial charge on any atom is 0.337 e. The molecule has 1 fully saturated rings. The van der Waals surface area contributed by atoms with Crippen LogP contribution in [0.3, 0.4) is 0 Å². The van der Waals surface area contributed by atoms with E-state index in [1.165, 1.54) is 6.07 Å². The molecule has 2 N–H and O–H groups in total. The minimum absolute atomic E-state index is 0.113. The molecule has 0 radical (unpaired) electrons. The van der Waals surface area contributed by atoms with E-state index in [-0.39, 0.29) is 11.6 Å². The number of para-hydroxylation sites is 1. The fourth-order valence-corrected chi connectivity index (χ4v) is 2.32. The number of aromatic carboxylic acids is 1. The van der Waals surface area contributed by atoms with Crippen LogP contribution in [0.2, 0.25) is 0 Å². The van der Waals surface area contributed by atoms with E-state index in [0.29, 0.717) is 11.6 Å². The predicted octanol–water partition coefficient (Wildman–Crippen LogP) is 2.65. The number of rotatable bonds is 3. The third-order valence-corrected chi connectivity index (χ3v) is 3.55. The molecule has 0 spiro atoms. The lowest BCUT2D eigenvalue weighted by Gasteiger charge is -2.18. The van der Waals surface area contributed by atoms with Gasteiger partial charge in [-0.1, -0.05) is 25.5 Å². The van der Waals surface area contributed by atoms with Gasteiger partial charge < -0.3 is 15.3 Å². The van der Waals surface area contributed by atoms with E-state index in [0.717, 1.165) is 25.9 Å². The van der Waals surface area contributed by atoms with Crippen molar-refractivity contribution in [2.24, 2.45) is 5.92 Å². The van der Waals surface area contributed by atoms with E-state index < -0.39 is 5.97 Å². The quantitative estimate of drug-likeness (QED) is 0.879. The minimum atomic E-state index is -1.04. The van der Waals surface area contributed by atoms with Crippen LogP contribution in [-0.2, 0) is 0 Å². The van der Waals surface area contributed by atoms with Crippen LogP contribution >= 0.6 is 0 Å². The zero-order valence-electron chi connectivity index (χ0n) is 10.9. The molecular weight excluding hydrogens is 244 g/mol. The summed E-state index contributed by atoms with van der Waals surface area (Å²) in [4.78, 5) is 24.9. The van der Waals surface area contributed by atoms with Crippen LogP contribution in [0, 0.1) is 5.92 Å². The molecule has 0 bridgehead atoms. The third kappa shape index (κ3) is 3.05. The van der Waals surface area contributed by atoms with Gasteiger partial charge in [0.25, 0.3) is 0 Å². The molecule has 2 rings (SSSR count). The van der Waals surface area contributed by atoms with Gasteiger partial charge >= 0.3 is 12.0 Å². The Balaban J connectivity index is 2.05. The van der Waals surface area contributed by atoms with Crippen molar-refractivity contribution < 1.29 is 14.7 Å². The van der Waals surface area contributed by atoms with E-state index in [1.54, 1.807) is 23.1 Å². The number of hydrogen-bond donors (Lipinski definition) is 2. The molecule has 1 aliphatic rings. The first-order valence-electron chi connectivity index (χ1n) is 6.50. The Labute approximate surface area is 112 Å². The summed E-state index contributed by atoms with van der Waals surface area (Å²) >= 11 is 0. The van der Waals surface area contributed by atoms with Gasteiger partial charge in [-0.25, -0.2) is 9.59 Å². The van der Waals surface area contributed by atoms with Gasteiger partial charge in [0.2, 0.25) is 0 Å². The Hall–Kier alpha value is -2.04. The maximum absolute atomic E-state index is 12.1. The first-order valence-corrected chi connectivity index (χ1v) is 6.50. The van der Waals surface area contributed by atoms with Gasteiger partial charge in [0.05, 0.1) is 11.3 Å². The minimum Gasteiger partial charge on any atom is -0.478 e. The number of nitrogens with zero attached hydrogens (tertiary/aromatic N) is 1. The van der Waals surface area contributed by atoms with Gasteiger partial charge in [-0.05, 0) is 24.5 Å². The van der Waals surface area contributed by atoms with Crippen molar-refractivity contribution in [2.45, 2.75) is 19.8 Å². The van der Waals surface area contributed by atoms with E-state index in [2.05, 4.69) is 12.2 Å². The molecule has 102 valence electrons. The Bertz CT molecular complexity index is 487. The standard InChI is InChI=1S/C14H18N2O3/c1-2-10-7-8-16(9-10)14(19)15-12-6-4-3-5-11(12)13(17)18/h3-6,10H,2,7-9H2,1H3,(H,15,19)(H,17,18). The predicted molar refractivity (Wildman–Crippen MR) is 72.4 cm³/mol. The molecular formula is C14H18N2O3. The zero-order valence-corrected chi connectivity index (χ0v) is 10.9. The van der Waals surface area contributed by atoms with E-state index >= 15 is 0 Å². The molecule has 1 aliphatic heterocycles. The second kappa shape index (κ2) is 5.73. The molecule has 5 nitrogen and oxygen atoms in total. The molecule has 1 atom stereocenters. The zero-order chi connectivity index (χ0) is 13.8. The number of carbonyl (C=O) groups is 2. The Kier molecular flexibility index (Phi) is 4.04. The van der Waals surface area contributed by atoms with Crippen LogP contribution < -0.4 is 5.32 Å². The van der Waals surface area contributed by atoms with Crippen LogP contribution in [0.25, 0.3) is 0 Å². The number of likely N-dealkylation sites (tertiary alicyclic amines) is 1. The number of benzene rings is 1. The van der Waals surface area contributed by atoms with Gasteiger partial charge in [0.15, 0.2) is 0 Å². The van der Waals surface area contributed by atoms with Crippen LogP contribution in [0.1, 0.15) is 30.1 Å². The molecule has 0 saturated carbocycles. The van der Waals surface area contributed by atoms with Crippen molar-refractivity contribution in [1.82, 2.24) is 4.90 Å². The summed E-state index contributed by atoms with van der Waals surface area (Å²) in [6, 6.07) is 6.22. The summed E-state index contributed by atoms with van der Waals surface area (Å²) in [6.07, 6.45) is 2.08. The average Bonchev–Trinajstić information content (AvgIpc) is 2.88. The van der Waals surface area contributed by atoms with E-state index in [1.807, 2.05) is 0 Å². The summed E-state index contributed by atoms with van der Waals surface area (Å²) in [5.74, 6) is -0.482.